The zero-order chi connectivity index (χ0) is 18.5. The standard InChI is InChI=1S/C20H22F2N2O2/c1-26-13-16-6-3-2-5-15(16)11-23-19(25)12-24-8-4-7-14-9-17(21)10-18(22)20(14)24/h2-3,5-6,9-10H,4,7-8,11-13H2,1H3,(H,23,25). The lowest BCUT2D eigenvalue weighted by Gasteiger charge is -2.31. The largest absolute Gasteiger partial charge is 0.380 e. The molecule has 1 heterocycles. The van der Waals surface area contributed by atoms with Gasteiger partial charge in [-0.15, -0.1) is 0 Å². The highest BCUT2D eigenvalue weighted by Crippen LogP contribution is 2.30. The van der Waals surface area contributed by atoms with Crippen LogP contribution < -0.4 is 10.2 Å². The van der Waals surface area contributed by atoms with Gasteiger partial charge in [0, 0.05) is 26.3 Å². The van der Waals surface area contributed by atoms with Crippen molar-refractivity contribution in [3.63, 3.8) is 0 Å². The lowest BCUT2D eigenvalue weighted by molar-refractivity contribution is -0.119. The van der Waals surface area contributed by atoms with Crippen molar-refractivity contribution < 1.29 is 18.3 Å². The van der Waals surface area contributed by atoms with Crippen LogP contribution in [0.15, 0.2) is 36.4 Å². The Kier molecular flexibility index (Phi) is 5.83. The van der Waals surface area contributed by atoms with Crippen molar-refractivity contribution in [1.29, 1.82) is 0 Å². The minimum Gasteiger partial charge on any atom is -0.380 e. The van der Waals surface area contributed by atoms with Gasteiger partial charge in [-0.3, -0.25) is 4.79 Å². The molecule has 2 aromatic rings. The van der Waals surface area contributed by atoms with E-state index in [0.717, 1.165) is 23.6 Å². The number of amides is 1. The Hall–Kier alpha value is -2.47. The summed E-state index contributed by atoms with van der Waals surface area (Å²) in [5.41, 5.74) is 2.95. The van der Waals surface area contributed by atoms with Crippen LogP contribution in [-0.4, -0.2) is 26.1 Å². The van der Waals surface area contributed by atoms with Crippen LogP contribution in [0.25, 0.3) is 0 Å². The topological polar surface area (TPSA) is 41.6 Å². The van der Waals surface area contributed by atoms with E-state index in [4.69, 9.17) is 4.74 Å². The molecule has 0 bridgehead atoms. The number of halogens is 2. The second-order valence-electron chi connectivity index (χ2n) is 6.40. The number of fused-ring (bicyclic) bond motifs is 1. The Balaban J connectivity index is 1.65. The molecule has 0 spiro atoms. The molecule has 2 aromatic carbocycles. The monoisotopic (exact) mass is 360 g/mol. The zero-order valence-electron chi connectivity index (χ0n) is 14.7. The van der Waals surface area contributed by atoms with Crippen LogP contribution in [0.5, 0.6) is 0 Å². The smallest absolute Gasteiger partial charge is 0.239 e. The first kappa shape index (κ1) is 18.3. The maximum Gasteiger partial charge on any atom is 0.239 e. The summed E-state index contributed by atoms with van der Waals surface area (Å²) in [5.74, 6) is -1.39. The van der Waals surface area contributed by atoms with Gasteiger partial charge in [0.25, 0.3) is 0 Å². The molecule has 0 fully saturated rings. The molecule has 0 radical (unpaired) electrons. The fourth-order valence-corrected chi connectivity index (χ4v) is 3.34. The molecule has 1 N–H and O–H groups in total. The number of hydrogen-bond acceptors (Lipinski definition) is 3. The van der Waals surface area contributed by atoms with E-state index in [9.17, 15) is 13.6 Å². The Labute approximate surface area is 151 Å². The van der Waals surface area contributed by atoms with Crippen LogP contribution in [-0.2, 0) is 29.1 Å². The third-order valence-corrected chi connectivity index (χ3v) is 4.53. The van der Waals surface area contributed by atoms with Gasteiger partial charge in [0.1, 0.15) is 11.6 Å². The number of hydrogen-bond donors (Lipinski definition) is 1. The van der Waals surface area contributed by atoms with Gasteiger partial charge in [0.05, 0.1) is 18.8 Å². The summed E-state index contributed by atoms with van der Waals surface area (Å²) < 4.78 is 32.8. The quantitative estimate of drug-likeness (QED) is 0.860. The van der Waals surface area contributed by atoms with Gasteiger partial charge in [-0.1, -0.05) is 24.3 Å². The molecule has 3 rings (SSSR count). The molecule has 1 aliphatic heterocycles. The summed E-state index contributed by atoms with van der Waals surface area (Å²) in [7, 11) is 1.63. The van der Waals surface area contributed by atoms with Crippen molar-refractivity contribution in [2.45, 2.75) is 26.0 Å². The van der Waals surface area contributed by atoms with Crippen molar-refractivity contribution in [2.75, 3.05) is 25.1 Å². The lowest BCUT2D eigenvalue weighted by atomic mass is 10.0. The molecule has 0 saturated carbocycles. The number of ether oxygens (including phenoxy) is 1. The number of carbonyl (C=O) groups excluding carboxylic acids is 1. The van der Waals surface area contributed by atoms with Gasteiger partial charge in [0.15, 0.2) is 0 Å². The minimum absolute atomic E-state index is 0.0436. The maximum absolute atomic E-state index is 14.2. The number of nitrogens with zero attached hydrogens (tertiary/aromatic N) is 1. The molecule has 1 aliphatic rings. The summed E-state index contributed by atoms with van der Waals surface area (Å²) in [6.45, 7) is 1.47. The summed E-state index contributed by atoms with van der Waals surface area (Å²) in [5, 5.41) is 2.87. The Morgan fingerprint density at radius 3 is 2.77 bits per heavy atom. The van der Waals surface area contributed by atoms with E-state index in [1.807, 2.05) is 24.3 Å². The lowest BCUT2D eigenvalue weighted by Crippen LogP contribution is -2.40. The third-order valence-electron chi connectivity index (χ3n) is 4.53. The highest BCUT2D eigenvalue weighted by molar-refractivity contribution is 5.82. The molecule has 6 heteroatoms. The van der Waals surface area contributed by atoms with Gasteiger partial charge >= 0.3 is 0 Å². The van der Waals surface area contributed by atoms with Crippen LogP contribution in [0.4, 0.5) is 14.5 Å². The number of benzene rings is 2. The molecule has 1 amide bonds. The first-order valence-corrected chi connectivity index (χ1v) is 8.63. The summed E-state index contributed by atoms with van der Waals surface area (Å²) in [6.07, 6.45) is 1.38. The van der Waals surface area contributed by atoms with Crippen molar-refractivity contribution in [1.82, 2.24) is 5.32 Å². The molecular weight excluding hydrogens is 338 g/mol. The zero-order valence-corrected chi connectivity index (χ0v) is 14.7. The van der Waals surface area contributed by atoms with Crippen molar-refractivity contribution in [3.05, 3.63) is 64.7 Å². The average Bonchev–Trinajstić information content (AvgIpc) is 2.61. The third kappa shape index (κ3) is 4.19. The van der Waals surface area contributed by atoms with E-state index in [1.165, 1.54) is 6.07 Å². The van der Waals surface area contributed by atoms with E-state index >= 15 is 0 Å². The maximum atomic E-state index is 14.2. The number of nitrogens with one attached hydrogen (secondary N) is 1. The van der Waals surface area contributed by atoms with Crippen LogP contribution in [0.2, 0.25) is 0 Å². The normalized spacial score (nSPS) is 13.4. The second-order valence-corrected chi connectivity index (χ2v) is 6.40. The van der Waals surface area contributed by atoms with E-state index in [2.05, 4.69) is 5.32 Å². The molecule has 0 atom stereocenters. The minimum atomic E-state index is -0.613. The van der Waals surface area contributed by atoms with E-state index < -0.39 is 11.6 Å². The number of methoxy groups -OCH3 is 1. The van der Waals surface area contributed by atoms with Crippen molar-refractivity contribution in [2.24, 2.45) is 0 Å². The number of rotatable bonds is 6. The molecule has 138 valence electrons. The predicted molar refractivity (Wildman–Crippen MR) is 95.9 cm³/mol. The van der Waals surface area contributed by atoms with E-state index in [1.54, 1.807) is 12.0 Å². The van der Waals surface area contributed by atoms with Crippen molar-refractivity contribution in [3.8, 4) is 0 Å². The first-order chi connectivity index (χ1) is 12.6. The number of anilines is 1. The SMILES string of the molecule is COCc1ccccc1CNC(=O)CN1CCCc2cc(F)cc(F)c21. The first-order valence-electron chi connectivity index (χ1n) is 8.63. The summed E-state index contributed by atoms with van der Waals surface area (Å²) >= 11 is 0. The van der Waals surface area contributed by atoms with E-state index in [-0.39, 0.29) is 12.5 Å². The summed E-state index contributed by atoms with van der Waals surface area (Å²) in [4.78, 5) is 14.0. The average molecular weight is 360 g/mol. The van der Waals surface area contributed by atoms with Gasteiger partial charge in [0.2, 0.25) is 5.91 Å². The van der Waals surface area contributed by atoms with Gasteiger partial charge in [-0.05, 0) is 35.6 Å². The van der Waals surface area contributed by atoms with E-state index in [0.29, 0.717) is 37.4 Å². The number of aryl methyl sites for hydroxylation is 1. The van der Waals surface area contributed by atoms with Crippen LogP contribution in [0, 0.1) is 11.6 Å². The Morgan fingerprint density at radius 1 is 1.23 bits per heavy atom. The molecule has 4 nitrogen and oxygen atoms in total. The molecule has 0 aliphatic carbocycles. The van der Waals surface area contributed by atoms with Crippen LogP contribution in [0.3, 0.4) is 0 Å². The molecular formula is C20H22F2N2O2. The number of carbonyl (C=O) groups is 1. The molecule has 0 aromatic heterocycles. The van der Waals surface area contributed by atoms with Gasteiger partial charge in [-0.2, -0.15) is 0 Å². The predicted octanol–water partition coefficient (Wildman–Crippen LogP) is 3.18. The fraction of sp³-hybridized carbons (Fsp3) is 0.350. The fourth-order valence-electron chi connectivity index (χ4n) is 3.34. The Morgan fingerprint density at radius 2 is 2.00 bits per heavy atom. The highest BCUT2D eigenvalue weighted by atomic mass is 19.1. The molecule has 26 heavy (non-hydrogen) atoms. The second kappa shape index (κ2) is 8.27. The summed E-state index contributed by atoms with van der Waals surface area (Å²) in [6, 6.07) is 9.94. The highest BCUT2D eigenvalue weighted by Gasteiger charge is 2.23. The van der Waals surface area contributed by atoms with Crippen molar-refractivity contribution >= 4 is 11.6 Å². The van der Waals surface area contributed by atoms with Gasteiger partial charge < -0.3 is 15.0 Å². The van der Waals surface area contributed by atoms with Crippen LogP contribution >= 0.6 is 0 Å². The van der Waals surface area contributed by atoms with Crippen LogP contribution in [0.1, 0.15) is 23.1 Å². The van der Waals surface area contributed by atoms with Gasteiger partial charge in [-0.25, -0.2) is 8.78 Å². The molecule has 0 unspecified atom stereocenters. The Bertz CT molecular complexity index is 795. The molecule has 0 saturated heterocycles.